The lowest BCUT2D eigenvalue weighted by Crippen LogP contribution is -2.43. The van der Waals surface area contributed by atoms with E-state index in [0.717, 1.165) is 10.4 Å². The SMILES string of the molecule is N#Cc1ccc(S(=O)(=O)N2CCC(C(=O)N[C@H](c3ccccc3)c3cccs3)CC2)cc1. The summed E-state index contributed by atoms with van der Waals surface area (Å²) in [5.74, 6) is -0.295. The first-order chi connectivity index (χ1) is 15.5. The van der Waals surface area contributed by atoms with Crippen molar-refractivity contribution < 1.29 is 13.2 Å². The maximum atomic E-state index is 13.1. The zero-order valence-electron chi connectivity index (χ0n) is 17.3. The Morgan fingerprint density at radius 3 is 2.31 bits per heavy atom. The van der Waals surface area contributed by atoms with Gasteiger partial charge in [0, 0.05) is 23.9 Å². The first-order valence-electron chi connectivity index (χ1n) is 10.4. The molecule has 1 N–H and O–H groups in total. The average Bonchev–Trinajstić information content (AvgIpc) is 3.38. The Kier molecular flexibility index (Phi) is 6.70. The van der Waals surface area contributed by atoms with Crippen LogP contribution in [0.4, 0.5) is 0 Å². The van der Waals surface area contributed by atoms with Crippen LogP contribution in [-0.2, 0) is 14.8 Å². The predicted molar refractivity (Wildman–Crippen MR) is 123 cm³/mol. The van der Waals surface area contributed by atoms with Gasteiger partial charge in [0.25, 0.3) is 0 Å². The molecular formula is C24H23N3O3S2. The molecule has 1 aliphatic heterocycles. The third-order valence-corrected chi connectivity index (χ3v) is 8.54. The number of thiophene rings is 1. The lowest BCUT2D eigenvalue weighted by molar-refractivity contribution is -0.126. The number of hydrogen-bond donors (Lipinski definition) is 1. The predicted octanol–water partition coefficient (Wildman–Crippen LogP) is 3.93. The van der Waals surface area contributed by atoms with Gasteiger partial charge in [-0.1, -0.05) is 36.4 Å². The summed E-state index contributed by atoms with van der Waals surface area (Å²) in [6.07, 6.45) is 0.931. The van der Waals surface area contributed by atoms with Gasteiger partial charge in [-0.2, -0.15) is 9.57 Å². The second-order valence-electron chi connectivity index (χ2n) is 7.68. The van der Waals surface area contributed by atoms with Crippen LogP contribution in [0.5, 0.6) is 0 Å². The Morgan fingerprint density at radius 2 is 1.72 bits per heavy atom. The van der Waals surface area contributed by atoms with Crippen molar-refractivity contribution in [2.24, 2.45) is 5.92 Å². The molecule has 1 atom stereocenters. The van der Waals surface area contributed by atoms with Crippen molar-refractivity contribution in [3.8, 4) is 6.07 Å². The van der Waals surface area contributed by atoms with Gasteiger partial charge in [0.15, 0.2) is 0 Å². The van der Waals surface area contributed by atoms with Crippen LogP contribution in [0.15, 0.2) is 77.0 Å². The van der Waals surface area contributed by atoms with Crippen LogP contribution < -0.4 is 5.32 Å². The monoisotopic (exact) mass is 465 g/mol. The number of nitriles is 1. The highest BCUT2D eigenvalue weighted by atomic mass is 32.2. The van der Waals surface area contributed by atoms with Crippen molar-refractivity contribution in [1.29, 1.82) is 5.26 Å². The van der Waals surface area contributed by atoms with E-state index >= 15 is 0 Å². The molecule has 1 fully saturated rings. The van der Waals surface area contributed by atoms with Gasteiger partial charge in [0.1, 0.15) is 0 Å². The van der Waals surface area contributed by atoms with E-state index in [1.807, 2.05) is 53.9 Å². The van der Waals surface area contributed by atoms with Crippen molar-refractivity contribution in [3.63, 3.8) is 0 Å². The van der Waals surface area contributed by atoms with Crippen LogP contribution in [0, 0.1) is 17.2 Å². The second kappa shape index (κ2) is 9.65. The molecule has 2 aromatic carbocycles. The van der Waals surface area contributed by atoms with Crippen LogP contribution in [0.2, 0.25) is 0 Å². The molecule has 2 heterocycles. The third kappa shape index (κ3) is 4.75. The number of carbonyl (C=O) groups is 1. The molecule has 0 spiro atoms. The molecule has 0 radical (unpaired) electrons. The minimum Gasteiger partial charge on any atom is -0.344 e. The lowest BCUT2D eigenvalue weighted by Gasteiger charge is -2.31. The number of hydrogen-bond acceptors (Lipinski definition) is 5. The van der Waals surface area contributed by atoms with E-state index in [2.05, 4.69) is 5.32 Å². The summed E-state index contributed by atoms with van der Waals surface area (Å²) in [6, 6.07) is 21.5. The molecule has 6 nitrogen and oxygen atoms in total. The van der Waals surface area contributed by atoms with Crippen molar-refractivity contribution in [3.05, 3.63) is 88.1 Å². The Balaban J connectivity index is 1.42. The zero-order chi connectivity index (χ0) is 22.6. The largest absolute Gasteiger partial charge is 0.344 e. The molecule has 1 aromatic heterocycles. The zero-order valence-corrected chi connectivity index (χ0v) is 19.0. The number of amides is 1. The maximum Gasteiger partial charge on any atom is 0.243 e. The molecule has 1 amide bonds. The van der Waals surface area contributed by atoms with Crippen molar-refractivity contribution in [2.45, 2.75) is 23.8 Å². The number of carbonyl (C=O) groups excluding carboxylic acids is 1. The number of nitrogens with zero attached hydrogens (tertiary/aromatic N) is 2. The fraction of sp³-hybridized carbons (Fsp3) is 0.250. The Morgan fingerprint density at radius 1 is 1.03 bits per heavy atom. The molecule has 0 saturated carbocycles. The summed E-state index contributed by atoms with van der Waals surface area (Å²) < 4.78 is 27.3. The minimum atomic E-state index is -3.64. The fourth-order valence-corrected chi connectivity index (χ4v) is 6.16. The molecule has 1 aliphatic rings. The van der Waals surface area contributed by atoms with Crippen molar-refractivity contribution in [2.75, 3.05) is 13.1 Å². The lowest BCUT2D eigenvalue weighted by atomic mass is 9.96. The van der Waals surface area contributed by atoms with Gasteiger partial charge in [-0.05, 0) is 54.1 Å². The molecule has 1 saturated heterocycles. The minimum absolute atomic E-state index is 0.0531. The fourth-order valence-electron chi connectivity index (χ4n) is 3.89. The standard InChI is InChI=1S/C24H23N3O3S2/c25-17-18-8-10-21(11-9-18)32(29,30)27-14-12-20(13-15-27)24(28)26-23(22-7-4-16-31-22)19-5-2-1-3-6-19/h1-11,16,20,23H,12-15H2,(H,26,28)/t23-/m1/s1. The smallest absolute Gasteiger partial charge is 0.243 e. The second-order valence-corrected chi connectivity index (χ2v) is 10.6. The third-order valence-electron chi connectivity index (χ3n) is 5.69. The highest BCUT2D eigenvalue weighted by Crippen LogP contribution is 2.29. The molecule has 32 heavy (non-hydrogen) atoms. The van der Waals surface area contributed by atoms with Gasteiger partial charge in [0.05, 0.1) is 22.6 Å². The summed E-state index contributed by atoms with van der Waals surface area (Å²) in [6.45, 7) is 0.574. The van der Waals surface area contributed by atoms with Gasteiger partial charge >= 0.3 is 0 Å². The van der Waals surface area contributed by atoms with Gasteiger partial charge in [-0.3, -0.25) is 4.79 Å². The number of rotatable bonds is 6. The van der Waals surface area contributed by atoms with E-state index in [0.29, 0.717) is 18.4 Å². The summed E-state index contributed by atoms with van der Waals surface area (Å²) in [5, 5.41) is 14.1. The van der Waals surface area contributed by atoms with E-state index in [9.17, 15) is 13.2 Å². The van der Waals surface area contributed by atoms with Crippen molar-refractivity contribution in [1.82, 2.24) is 9.62 Å². The van der Waals surface area contributed by atoms with Crippen LogP contribution in [0.1, 0.15) is 34.9 Å². The highest BCUT2D eigenvalue weighted by Gasteiger charge is 2.33. The first kappa shape index (κ1) is 22.2. The van der Waals surface area contributed by atoms with E-state index in [1.54, 1.807) is 11.3 Å². The molecule has 8 heteroatoms. The molecule has 164 valence electrons. The van der Waals surface area contributed by atoms with Gasteiger partial charge < -0.3 is 5.32 Å². The van der Waals surface area contributed by atoms with Gasteiger partial charge in [-0.15, -0.1) is 11.3 Å². The van der Waals surface area contributed by atoms with E-state index in [4.69, 9.17) is 5.26 Å². The Labute approximate surface area is 192 Å². The Hall–Kier alpha value is -2.99. The molecule has 0 unspecified atom stereocenters. The summed E-state index contributed by atoms with van der Waals surface area (Å²) >= 11 is 1.60. The van der Waals surface area contributed by atoms with Crippen LogP contribution in [0.25, 0.3) is 0 Å². The maximum absolute atomic E-state index is 13.1. The quantitative estimate of drug-likeness (QED) is 0.597. The average molecular weight is 466 g/mol. The summed E-state index contributed by atoms with van der Waals surface area (Å²) in [7, 11) is -3.64. The number of sulfonamides is 1. The van der Waals surface area contributed by atoms with Crippen LogP contribution in [-0.4, -0.2) is 31.7 Å². The van der Waals surface area contributed by atoms with Crippen LogP contribution >= 0.6 is 11.3 Å². The van der Waals surface area contributed by atoms with Crippen molar-refractivity contribution >= 4 is 27.3 Å². The van der Waals surface area contributed by atoms with E-state index < -0.39 is 10.0 Å². The molecule has 4 rings (SSSR count). The van der Waals surface area contributed by atoms with Gasteiger partial charge in [0.2, 0.25) is 15.9 Å². The van der Waals surface area contributed by atoms with Gasteiger partial charge in [-0.25, -0.2) is 8.42 Å². The molecule has 3 aromatic rings. The summed E-state index contributed by atoms with van der Waals surface area (Å²) in [4.78, 5) is 14.3. The Bertz CT molecular complexity index is 1190. The number of nitrogens with one attached hydrogen (secondary N) is 1. The summed E-state index contributed by atoms with van der Waals surface area (Å²) in [5.41, 5.74) is 1.43. The van der Waals surface area contributed by atoms with Crippen LogP contribution in [0.3, 0.4) is 0 Å². The van der Waals surface area contributed by atoms with E-state index in [1.165, 1.54) is 28.6 Å². The molecular weight excluding hydrogens is 442 g/mol. The molecule has 0 bridgehead atoms. The first-order valence-corrected chi connectivity index (χ1v) is 12.7. The topological polar surface area (TPSA) is 90.3 Å². The number of piperidine rings is 1. The highest BCUT2D eigenvalue weighted by molar-refractivity contribution is 7.89. The van der Waals surface area contributed by atoms with E-state index in [-0.39, 0.29) is 35.9 Å². The molecule has 0 aliphatic carbocycles. The number of benzene rings is 2. The normalized spacial score (nSPS) is 16.2.